The molecule has 0 aliphatic carbocycles. The van der Waals surface area contributed by atoms with E-state index in [1.165, 1.54) is 6.07 Å². The van der Waals surface area contributed by atoms with Crippen LogP contribution in [0.3, 0.4) is 0 Å². The molecule has 0 radical (unpaired) electrons. The van der Waals surface area contributed by atoms with E-state index < -0.39 is 39.8 Å². The van der Waals surface area contributed by atoms with Crippen molar-refractivity contribution in [3.8, 4) is 0 Å². The first kappa shape index (κ1) is 15.7. The minimum atomic E-state index is -1.81. The van der Waals surface area contributed by atoms with Gasteiger partial charge in [-0.3, -0.25) is 9.00 Å². The van der Waals surface area contributed by atoms with Gasteiger partial charge in [0.25, 0.3) is 0 Å². The molecule has 2 nitrogen and oxygen atoms in total. The van der Waals surface area contributed by atoms with Gasteiger partial charge in [0.2, 0.25) is 0 Å². The molecule has 2 aromatic carbocycles. The van der Waals surface area contributed by atoms with Crippen LogP contribution in [-0.2, 0) is 10.8 Å². The average molecular weight is 333 g/mol. The van der Waals surface area contributed by atoms with Crippen LogP contribution < -0.4 is 0 Å². The zero-order valence-corrected chi connectivity index (χ0v) is 12.0. The Morgan fingerprint density at radius 3 is 2.38 bits per heavy atom. The molecule has 0 spiro atoms. The van der Waals surface area contributed by atoms with E-state index in [9.17, 15) is 22.2 Å². The molecule has 21 heavy (non-hydrogen) atoms. The normalized spacial score (nSPS) is 12.2. The Kier molecular flexibility index (Phi) is 4.80. The zero-order chi connectivity index (χ0) is 15.6. The van der Waals surface area contributed by atoms with Gasteiger partial charge in [-0.2, -0.15) is 0 Å². The maximum absolute atomic E-state index is 13.4. The summed E-state index contributed by atoms with van der Waals surface area (Å²) in [6.45, 7) is 0. The molecule has 0 fully saturated rings. The highest BCUT2D eigenvalue weighted by Gasteiger charge is 2.17. The van der Waals surface area contributed by atoms with Crippen molar-refractivity contribution < 1.29 is 22.2 Å². The van der Waals surface area contributed by atoms with Crippen molar-refractivity contribution in [3.63, 3.8) is 0 Å². The molecule has 0 aliphatic heterocycles. The number of Topliss-reactive ketones (excluding diaryl/α,β-unsaturated/α-hetero) is 1. The van der Waals surface area contributed by atoms with Gasteiger partial charge in [0.1, 0.15) is 17.5 Å². The van der Waals surface area contributed by atoms with E-state index in [1.54, 1.807) is 0 Å². The number of ketones is 1. The van der Waals surface area contributed by atoms with Crippen LogP contribution in [0.5, 0.6) is 0 Å². The zero-order valence-electron chi connectivity index (χ0n) is 10.4. The lowest BCUT2D eigenvalue weighted by molar-refractivity contribution is 0.101. The highest BCUT2D eigenvalue weighted by Crippen LogP contribution is 2.19. The van der Waals surface area contributed by atoms with Gasteiger partial charge in [0.15, 0.2) is 5.78 Å². The Labute approximate surface area is 126 Å². The quantitative estimate of drug-likeness (QED) is 0.799. The molecule has 7 heteroatoms. The maximum Gasteiger partial charge on any atom is 0.178 e. The van der Waals surface area contributed by atoms with Gasteiger partial charge >= 0.3 is 0 Å². The fraction of sp³-hybridized carbons (Fsp3) is 0.0714. The molecule has 2 rings (SSSR count). The summed E-state index contributed by atoms with van der Waals surface area (Å²) in [6.07, 6.45) is 0. The second-order valence-electron chi connectivity index (χ2n) is 4.11. The monoisotopic (exact) mass is 332 g/mol. The second kappa shape index (κ2) is 6.41. The number of halogens is 4. The van der Waals surface area contributed by atoms with E-state index in [4.69, 9.17) is 11.6 Å². The van der Waals surface area contributed by atoms with Crippen molar-refractivity contribution in [2.75, 3.05) is 5.75 Å². The summed E-state index contributed by atoms with van der Waals surface area (Å²) in [6, 6.07) is 5.90. The maximum atomic E-state index is 13.4. The van der Waals surface area contributed by atoms with Crippen LogP contribution in [0.4, 0.5) is 13.2 Å². The number of rotatable bonds is 4. The SMILES string of the molecule is O=C(CS(=O)c1ccc(F)c(Cl)c1)c1ccc(F)cc1F. The smallest absolute Gasteiger partial charge is 0.178 e. The van der Waals surface area contributed by atoms with Crippen LogP contribution in [0, 0.1) is 17.5 Å². The molecule has 0 saturated heterocycles. The summed E-state index contributed by atoms with van der Waals surface area (Å²) in [4.78, 5) is 12.0. The van der Waals surface area contributed by atoms with Crippen molar-refractivity contribution in [1.29, 1.82) is 0 Å². The molecular weight excluding hydrogens is 325 g/mol. The van der Waals surface area contributed by atoms with Crippen molar-refractivity contribution in [1.82, 2.24) is 0 Å². The topological polar surface area (TPSA) is 34.1 Å². The van der Waals surface area contributed by atoms with E-state index >= 15 is 0 Å². The third kappa shape index (κ3) is 3.71. The van der Waals surface area contributed by atoms with Gasteiger partial charge in [-0.05, 0) is 30.3 Å². The van der Waals surface area contributed by atoms with E-state index in [-0.39, 0.29) is 15.5 Å². The summed E-state index contributed by atoms with van der Waals surface area (Å²) in [5, 5.41) is -0.221. The number of carbonyl (C=O) groups excluding carboxylic acids is 1. The van der Waals surface area contributed by atoms with Crippen molar-refractivity contribution >= 4 is 28.2 Å². The van der Waals surface area contributed by atoms with Gasteiger partial charge in [0, 0.05) is 11.0 Å². The molecule has 0 heterocycles. The summed E-state index contributed by atoms with van der Waals surface area (Å²) >= 11 is 5.56. The van der Waals surface area contributed by atoms with Crippen LogP contribution in [0.25, 0.3) is 0 Å². The molecule has 1 unspecified atom stereocenters. The predicted octanol–water partition coefficient (Wildman–Crippen LogP) is 3.75. The summed E-state index contributed by atoms with van der Waals surface area (Å²) in [5.41, 5.74) is -0.349. The van der Waals surface area contributed by atoms with Gasteiger partial charge < -0.3 is 0 Å². The average Bonchev–Trinajstić information content (AvgIpc) is 2.41. The number of carbonyl (C=O) groups is 1. The molecule has 2 aromatic rings. The Hall–Kier alpha value is -1.66. The highest BCUT2D eigenvalue weighted by molar-refractivity contribution is 7.85. The Balaban J connectivity index is 2.18. The van der Waals surface area contributed by atoms with E-state index in [0.29, 0.717) is 6.07 Å². The van der Waals surface area contributed by atoms with Crippen LogP contribution in [0.15, 0.2) is 41.3 Å². The third-order valence-electron chi connectivity index (χ3n) is 2.65. The first-order chi connectivity index (χ1) is 9.88. The van der Waals surface area contributed by atoms with E-state index in [0.717, 1.165) is 24.3 Å². The molecule has 0 amide bonds. The van der Waals surface area contributed by atoms with Gasteiger partial charge in [-0.15, -0.1) is 0 Å². The first-order valence-electron chi connectivity index (χ1n) is 5.70. The molecule has 1 atom stereocenters. The lowest BCUT2D eigenvalue weighted by Crippen LogP contribution is -2.13. The summed E-state index contributed by atoms with van der Waals surface area (Å²) in [7, 11) is -1.81. The molecule has 0 N–H and O–H groups in total. The molecule has 0 aromatic heterocycles. The Bertz CT molecular complexity index is 734. The molecule has 0 saturated carbocycles. The Morgan fingerprint density at radius 1 is 1.05 bits per heavy atom. The summed E-state index contributed by atoms with van der Waals surface area (Å²) < 4.78 is 51.2. The minimum Gasteiger partial charge on any atom is -0.293 e. The van der Waals surface area contributed by atoms with Crippen LogP contribution >= 0.6 is 11.6 Å². The van der Waals surface area contributed by atoms with Gasteiger partial charge in [-0.25, -0.2) is 13.2 Å². The van der Waals surface area contributed by atoms with E-state index in [1.807, 2.05) is 0 Å². The lowest BCUT2D eigenvalue weighted by atomic mass is 10.1. The fourth-order valence-corrected chi connectivity index (χ4v) is 2.89. The third-order valence-corrected chi connectivity index (χ3v) is 4.24. The number of hydrogen-bond acceptors (Lipinski definition) is 2. The Morgan fingerprint density at radius 2 is 1.76 bits per heavy atom. The second-order valence-corrected chi connectivity index (χ2v) is 5.97. The summed E-state index contributed by atoms with van der Waals surface area (Å²) in [5.74, 6) is -3.76. The fourth-order valence-electron chi connectivity index (χ4n) is 1.61. The van der Waals surface area contributed by atoms with Crippen LogP contribution in [0.1, 0.15) is 10.4 Å². The first-order valence-corrected chi connectivity index (χ1v) is 7.40. The van der Waals surface area contributed by atoms with E-state index in [2.05, 4.69) is 0 Å². The van der Waals surface area contributed by atoms with Gasteiger partial charge in [0.05, 0.1) is 27.1 Å². The molecule has 0 bridgehead atoms. The van der Waals surface area contributed by atoms with Crippen molar-refractivity contribution in [2.24, 2.45) is 0 Å². The minimum absolute atomic E-state index is 0.150. The highest BCUT2D eigenvalue weighted by atomic mass is 35.5. The van der Waals surface area contributed by atoms with Crippen LogP contribution in [0.2, 0.25) is 5.02 Å². The molecular formula is C14H8ClF3O2S. The molecule has 0 aliphatic rings. The van der Waals surface area contributed by atoms with Crippen molar-refractivity contribution in [3.05, 3.63) is 64.4 Å². The van der Waals surface area contributed by atoms with Gasteiger partial charge in [-0.1, -0.05) is 11.6 Å². The molecule has 110 valence electrons. The predicted molar refractivity (Wildman–Crippen MR) is 73.4 cm³/mol. The lowest BCUT2D eigenvalue weighted by Gasteiger charge is -2.04. The number of hydrogen-bond donors (Lipinski definition) is 0. The van der Waals surface area contributed by atoms with Crippen molar-refractivity contribution in [2.45, 2.75) is 4.90 Å². The largest absolute Gasteiger partial charge is 0.293 e. The standard InChI is InChI=1S/C14H8ClF3O2S/c15-11-6-9(2-4-12(11)17)21(20)7-14(19)10-3-1-8(16)5-13(10)18/h1-6H,7H2. The van der Waals surface area contributed by atoms with Crippen LogP contribution in [-0.4, -0.2) is 15.7 Å². The number of benzene rings is 2.